The largest absolute Gasteiger partial charge is 0.369 e. The second-order valence-electron chi connectivity index (χ2n) is 8.11. The van der Waals surface area contributed by atoms with Crippen LogP contribution in [0.1, 0.15) is 30.4 Å². The monoisotopic (exact) mass is 430 g/mol. The number of rotatable bonds is 7. The van der Waals surface area contributed by atoms with Crippen LogP contribution in [0.5, 0.6) is 0 Å². The van der Waals surface area contributed by atoms with Gasteiger partial charge in [0, 0.05) is 37.0 Å². The first-order chi connectivity index (χ1) is 15.5. The summed E-state index contributed by atoms with van der Waals surface area (Å²) < 4.78 is 14.5. The van der Waals surface area contributed by atoms with Gasteiger partial charge in [0.1, 0.15) is 5.82 Å². The minimum atomic E-state index is -0.214. The minimum Gasteiger partial charge on any atom is -0.369 e. The molecule has 1 fully saturated rings. The molecule has 1 aromatic heterocycles. The molecule has 0 aliphatic carbocycles. The van der Waals surface area contributed by atoms with Gasteiger partial charge >= 0.3 is 0 Å². The Morgan fingerprint density at radius 3 is 2.78 bits per heavy atom. The van der Waals surface area contributed by atoms with E-state index in [0.29, 0.717) is 18.1 Å². The number of piperidine rings is 1. The first-order valence-corrected chi connectivity index (χ1v) is 10.9. The molecule has 0 unspecified atom stereocenters. The zero-order chi connectivity index (χ0) is 22.5. The van der Waals surface area contributed by atoms with Crippen LogP contribution in [0.25, 0.3) is 11.3 Å². The molecule has 164 valence electrons. The SMILES string of the molecule is C=CC(=O)Cc1cccc(-c2nc(Nc3ccc(F)c(N4CCCCC4)c3)ncc2C)c1. The van der Waals surface area contributed by atoms with Crippen molar-refractivity contribution in [1.82, 2.24) is 9.97 Å². The van der Waals surface area contributed by atoms with E-state index in [9.17, 15) is 9.18 Å². The Hall–Kier alpha value is -3.54. The predicted octanol–water partition coefficient (Wildman–Crippen LogP) is 5.62. The molecular formula is C26H27FN4O. The number of aryl methyl sites for hydroxylation is 1. The first-order valence-electron chi connectivity index (χ1n) is 10.9. The zero-order valence-electron chi connectivity index (χ0n) is 18.3. The number of allylic oxidation sites excluding steroid dienone is 1. The smallest absolute Gasteiger partial charge is 0.227 e. The van der Waals surface area contributed by atoms with E-state index in [0.717, 1.165) is 54.0 Å². The number of aromatic nitrogens is 2. The number of nitrogens with zero attached hydrogens (tertiary/aromatic N) is 3. The van der Waals surface area contributed by atoms with Crippen molar-refractivity contribution in [2.24, 2.45) is 0 Å². The Labute approximate surface area is 188 Å². The molecule has 2 aromatic carbocycles. The molecule has 0 amide bonds. The number of hydrogen-bond donors (Lipinski definition) is 1. The van der Waals surface area contributed by atoms with E-state index in [1.54, 1.807) is 12.3 Å². The van der Waals surface area contributed by atoms with Gasteiger partial charge in [0.25, 0.3) is 0 Å². The maximum absolute atomic E-state index is 14.5. The van der Waals surface area contributed by atoms with Crippen LogP contribution in [0.3, 0.4) is 0 Å². The van der Waals surface area contributed by atoms with Gasteiger partial charge in [-0.15, -0.1) is 0 Å². The Morgan fingerprint density at radius 1 is 1.19 bits per heavy atom. The van der Waals surface area contributed by atoms with Crippen molar-refractivity contribution < 1.29 is 9.18 Å². The van der Waals surface area contributed by atoms with Crippen molar-refractivity contribution in [1.29, 1.82) is 0 Å². The highest BCUT2D eigenvalue weighted by Gasteiger charge is 2.16. The average molecular weight is 431 g/mol. The molecule has 1 N–H and O–H groups in total. The van der Waals surface area contributed by atoms with Gasteiger partial charge in [0.15, 0.2) is 5.78 Å². The second kappa shape index (κ2) is 9.73. The molecular weight excluding hydrogens is 403 g/mol. The van der Waals surface area contributed by atoms with Crippen molar-refractivity contribution in [2.75, 3.05) is 23.3 Å². The summed E-state index contributed by atoms with van der Waals surface area (Å²) in [5.74, 6) is 0.202. The Bertz CT molecular complexity index is 1140. The van der Waals surface area contributed by atoms with Crippen molar-refractivity contribution >= 4 is 23.1 Å². The maximum Gasteiger partial charge on any atom is 0.227 e. The first kappa shape index (κ1) is 21.7. The van der Waals surface area contributed by atoms with E-state index in [-0.39, 0.29) is 11.6 Å². The highest BCUT2D eigenvalue weighted by molar-refractivity contribution is 5.91. The predicted molar refractivity (Wildman–Crippen MR) is 127 cm³/mol. The summed E-state index contributed by atoms with van der Waals surface area (Å²) in [6, 6.07) is 12.8. The van der Waals surface area contributed by atoms with Crippen molar-refractivity contribution in [2.45, 2.75) is 32.6 Å². The summed E-state index contributed by atoms with van der Waals surface area (Å²) in [5.41, 5.74) is 4.89. The van der Waals surface area contributed by atoms with Gasteiger partial charge in [0.2, 0.25) is 5.95 Å². The fourth-order valence-electron chi connectivity index (χ4n) is 3.99. The zero-order valence-corrected chi connectivity index (χ0v) is 18.3. The minimum absolute atomic E-state index is 0.0234. The lowest BCUT2D eigenvalue weighted by Gasteiger charge is -2.29. The van der Waals surface area contributed by atoms with E-state index < -0.39 is 0 Å². The number of carbonyl (C=O) groups excluding carboxylic acids is 1. The van der Waals surface area contributed by atoms with Crippen LogP contribution in [-0.4, -0.2) is 28.8 Å². The number of anilines is 3. The van der Waals surface area contributed by atoms with Gasteiger partial charge in [-0.3, -0.25) is 4.79 Å². The molecule has 0 spiro atoms. The molecule has 3 aromatic rings. The van der Waals surface area contributed by atoms with Gasteiger partial charge in [-0.2, -0.15) is 0 Å². The molecule has 0 atom stereocenters. The van der Waals surface area contributed by atoms with Crippen LogP contribution in [0.2, 0.25) is 0 Å². The topological polar surface area (TPSA) is 58.1 Å². The molecule has 0 saturated carbocycles. The molecule has 4 rings (SSSR count). The summed E-state index contributed by atoms with van der Waals surface area (Å²) in [7, 11) is 0. The highest BCUT2D eigenvalue weighted by Crippen LogP contribution is 2.29. The average Bonchev–Trinajstić information content (AvgIpc) is 2.82. The Kier molecular flexibility index (Phi) is 6.59. The molecule has 6 heteroatoms. The summed E-state index contributed by atoms with van der Waals surface area (Å²) in [6.45, 7) is 7.23. The van der Waals surface area contributed by atoms with Crippen LogP contribution in [0.4, 0.5) is 21.7 Å². The fourth-order valence-corrected chi connectivity index (χ4v) is 3.99. The molecule has 1 saturated heterocycles. The van der Waals surface area contributed by atoms with Crippen LogP contribution in [0, 0.1) is 12.7 Å². The van der Waals surface area contributed by atoms with E-state index in [4.69, 9.17) is 4.98 Å². The molecule has 0 radical (unpaired) electrons. The molecule has 5 nitrogen and oxygen atoms in total. The van der Waals surface area contributed by atoms with Crippen molar-refractivity contribution in [3.8, 4) is 11.3 Å². The quantitative estimate of drug-likeness (QED) is 0.493. The lowest BCUT2D eigenvalue weighted by atomic mass is 10.0. The summed E-state index contributed by atoms with van der Waals surface area (Å²) >= 11 is 0. The molecule has 1 aliphatic heterocycles. The van der Waals surface area contributed by atoms with Gasteiger partial charge in [0.05, 0.1) is 11.4 Å². The van der Waals surface area contributed by atoms with Gasteiger partial charge in [-0.25, -0.2) is 14.4 Å². The third-order valence-electron chi connectivity index (χ3n) is 5.68. The normalized spacial score (nSPS) is 13.6. The van der Waals surface area contributed by atoms with E-state index in [1.807, 2.05) is 37.3 Å². The summed E-state index contributed by atoms with van der Waals surface area (Å²) in [4.78, 5) is 23.0. The van der Waals surface area contributed by atoms with E-state index in [2.05, 4.69) is 21.8 Å². The molecule has 32 heavy (non-hydrogen) atoms. The summed E-state index contributed by atoms with van der Waals surface area (Å²) in [5, 5.41) is 3.22. The third kappa shape index (κ3) is 5.02. The number of carbonyl (C=O) groups is 1. The molecule has 0 bridgehead atoms. The van der Waals surface area contributed by atoms with Crippen LogP contribution < -0.4 is 10.2 Å². The number of benzene rings is 2. The van der Waals surface area contributed by atoms with Crippen molar-refractivity contribution in [3.63, 3.8) is 0 Å². The van der Waals surface area contributed by atoms with Crippen LogP contribution >= 0.6 is 0 Å². The van der Waals surface area contributed by atoms with Gasteiger partial charge < -0.3 is 10.2 Å². The Balaban J connectivity index is 1.59. The van der Waals surface area contributed by atoms with E-state index >= 15 is 0 Å². The second-order valence-corrected chi connectivity index (χ2v) is 8.11. The van der Waals surface area contributed by atoms with Crippen LogP contribution in [-0.2, 0) is 11.2 Å². The van der Waals surface area contributed by atoms with Gasteiger partial charge in [-0.1, -0.05) is 24.8 Å². The molecule has 2 heterocycles. The Morgan fingerprint density at radius 2 is 2.00 bits per heavy atom. The fraction of sp³-hybridized carbons (Fsp3) is 0.269. The number of hydrogen-bond acceptors (Lipinski definition) is 5. The van der Waals surface area contributed by atoms with Gasteiger partial charge in [-0.05, 0) is 67.7 Å². The number of halogens is 1. The van der Waals surface area contributed by atoms with E-state index in [1.165, 1.54) is 18.6 Å². The lowest BCUT2D eigenvalue weighted by molar-refractivity contribution is -0.114. The highest BCUT2D eigenvalue weighted by atomic mass is 19.1. The number of nitrogens with one attached hydrogen (secondary N) is 1. The number of ketones is 1. The maximum atomic E-state index is 14.5. The standard InChI is InChI=1S/C26H27FN4O/c1-3-22(32)15-19-8-7-9-20(14-19)25-18(2)17-28-26(30-25)29-21-10-11-23(27)24(16-21)31-12-5-4-6-13-31/h3,7-11,14,16-17H,1,4-6,12-13,15H2,2H3,(H,28,29,30). The van der Waals surface area contributed by atoms with Crippen LogP contribution in [0.15, 0.2) is 61.3 Å². The van der Waals surface area contributed by atoms with Crippen molar-refractivity contribution in [3.05, 3.63) is 78.3 Å². The lowest BCUT2D eigenvalue weighted by Crippen LogP contribution is -2.30. The summed E-state index contributed by atoms with van der Waals surface area (Å²) in [6.07, 6.45) is 6.77. The third-order valence-corrected chi connectivity index (χ3v) is 5.68. The molecule has 1 aliphatic rings.